The highest BCUT2D eigenvalue weighted by atomic mass is 127. The summed E-state index contributed by atoms with van der Waals surface area (Å²) in [6.07, 6.45) is 0. The lowest BCUT2D eigenvalue weighted by atomic mass is 10.4. The zero-order chi connectivity index (χ0) is 5.86. The lowest BCUT2D eigenvalue weighted by molar-refractivity contribution is -0.115. The van der Waals surface area contributed by atoms with Gasteiger partial charge in [0.15, 0.2) is 0 Å². The maximum Gasteiger partial charge on any atom is 0.143 e. The predicted molar refractivity (Wildman–Crippen MR) is 42.3 cm³/mol. The van der Waals surface area contributed by atoms with E-state index in [0.29, 0.717) is 0 Å². The SMILES string of the molecule is CC(=O)C(I)CBr. The second-order valence-corrected chi connectivity index (χ2v) is 3.38. The monoisotopic (exact) mass is 276 g/mol. The van der Waals surface area contributed by atoms with Crippen LogP contribution in [0.2, 0.25) is 0 Å². The Morgan fingerprint density at radius 3 is 2.43 bits per heavy atom. The fourth-order valence-corrected chi connectivity index (χ4v) is 0.565. The van der Waals surface area contributed by atoms with Gasteiger partial charge < -0.3 is 0 Å². The number of halogens is 2. The van der Waals surface area contributed by atoms with Crippen LogP contribution >= 0.6 is 38.5 Å². The van der Waals surface area contributed by atoms with Gasteiger partial charge in [0.05, 0.1) is 3.92 Å². The molecular formula is C4H6BrIO. The normalized spacial score (nSPS) is 13.6. The standard InChI is InChI=1S/C4H6BrIO/c1-3(7)4(6)2-5/h4H,2H2,1H3. The molecule has 0 radical (unpaired) electrons. The van der Waals surface area contributed by atoms with Crippen molar-refractivity contribution in [3.8, 4) is 0 Å². The first kappa shape index (κ1) is 7.88. The van der Waals surface area contributed by atoms with Crippen molar-refractivity contribution < 1.29 is 4.79 Å². The van der Waals surface area contributed by atoms with E-state index in [-0.39, 0.29) is 9.71 Å². The van der Waals surface area contributed by atoms with E-state index in [1.165, 1.54) is 0 Å². The Labute approximate surface area is 65.1 Å². The minimum absolute atomic E-state index is 0.151. The zero-order valence-corrected chi connectivity index (χ0v) is 7.69. The molecule has 7 heavy (non-hydrogen) atoms. The average Bonchev–Trinajstić information content (AvgIpc) is 1.65. The second kappa shape index (κ2) is 3.83. The van der Waals surface area contributed by atoms with Crippen LogP contribution in [0.5, 0.6) is 0 Å². The van der Waals surface area contributed by atoms with Crippen molar-refractivity contribution in [1.29, 1.82) is 0 Å². The van der Waals surface area contributed by atoms with Crippen LogP contribution in [-0.2, 0) is 4.79 Å². The third kappa shape index (κ3) is 3.46. The van der Waals surface area contributed by atoms with Crippen molar-refractivity contribution in [3.05, 3.63) is 0 Å². The van der Waals surface area contributed by atoms with E-state index < -0.39 is 0 Å². The van der Waals surface area contributed by atoms with Gasteiger partial charge >= 0.3 is 0 Å². The molecule has 0 amide bonds. The lowest BCUT2D eigenvalue weighted by Crippen LogP contribution is -2.09. The Balaban J connectivity index is 3.34. The van der Waals surface area contributed by atoms with Crippen LogP contribution in [0.4, 0.5) is 0 Å². The quantitative estimate of drug-likeness (QED) is 0.555. The van der Waals surface area contributed by atoms with E-state index in [2.05, 4.69) is 38.5 Å². The summed E-state index contributed by atoms with van der Waals surface area (Å²) in [5, 5.41) is 0.767. The van der Waals surface area contributed by atoms with Crippen molar-refractivity contribution in [2.75, 3.05) is 5.33 Å². The van der Waals surface area contributed by atoms with Gasteiger partial charge in [0.25, 0.3) is 0 Å². The molecule has 3 heteroatoms. The molecule has 0 saturated heterocycles. The van der Waals surface area contributed by atoms with E-state index in [0.717, 1.165) is 5.33 Å². The van der Waals surface area contributed by atoms with Gasteiger partial charge in [0, 0.05) is 5.33 Å². The predicted octanol–water partition coefficient (Wildman–Crippen LogP) is 1.77. The first-order valence-electron chi connectivity index (χ1n) is 1.89. The number of hydrogen-bond donors (Lipinski definition) is 0. The molecule has 1 atom stereocenters. The molecule has 0 saturated carbocycles. The summed E-state index contributed by atoms with van der Waals surface area (Å²) in [5.74, 6) is 0.234. The Bertz CT molecular complexity index is 74.1. The van der Waals surface area contributed by atoms with Gasteiger partial charge in [-0.15, -0.1) is 0 Å². The number of alkyl halides is 2. The second-order valence-electron chi connectivity index (χ2n) is 1.23. The van der Waals surface area contributed by atoms with Crippen LogP contribution in [0.25, 0.3) is 0 Å². The molecular weight excluding hydrogens is 271 g/mol. The minimum Gasteiger partial charge on any atom is -0.299 e. The smallest absolute Gasteiger partial charge is 0.143 e. The molecule has 0 aliphatic heterocycles. The van der Waals surface area contributed by atoms with E-state index in [9.17, 15) is 4.79 Å². The van der Waals surface area contributed by atoms with E-state index in [1.807, 2.05) is 0 Å². The first-order valence-corrected chi connectivity index (χ1v) is 4.25. The molecule has 1 nitrogen and oxygen atoms in total. The van der Waals surface area contributed by atoms with Gasteiger partial charge in [-0.3, -0.25) is 4.79 Å². The number of Topliss-reactive ketones (excluding diaryl/α,β-unsaturated/α-hetero) is 1. The van der Waals surface area contributed by atoms with Crippen LogP contribution in [0.1, 0.15) is 6.92 Å². The average molecular weight is 277 g/mol. The molecule has 0 rings (SSSR count). The first-order chi connectivity index (χ1) is 3.18. The van der Waals surface area contributed by atoms with E-state index in [4.69, 9.17) is 0 Å². The number of carbonyl (C=O) groups is 1. The summed E-state index contributed by atoms with van der Waals surface area (Å²) < 4.78 is 0.151. The van der Waals surface area contributed by atoms with Crippen molar-refractivity contribution in [1.82, 2.24) is 0 Å². The van der Waals surface area contributed by atoms with Gasteiger partial charge in [-0.05, 0) is 6.92 Å². The highest BCUT2D eigenvalue weighted by Crippen LogP contribution is 2.03. The summed E-state index contributed by atoms with van der Waals surface area (Å²) in [5.41, 5.74) is 0. The largest absolute Gasteiger partial charge is 0.299 e. The number of carbonyl (C=O) groups excluding carboxylic acids is 1. The molecule has 0 fully saturated rings. The third-order valence-electron chi connectivity index (χ3n) is 0.577. The van der Waals surface area contributed by atoms with Crippen LogP contribution in [0.15, 0.2) is 0 Å². The molecule has 0 N–H and O–H groups in total. The Morgan fingerprint density at radius 2 is 2.43 bits per heavy atom. The Kier molecular flexibility index (Phi) is 4.31. The third-order valence-corrected chi connectivity index (χ3v) is 3.75. The summed E-state index contributed by atoms with van der Waals surface area (Å²) in [4.78, 5) is 10.3. The highest BCUT2D eigenvalue weighted by molar-refractivity contribution is 14.1. The van der Waals surface area contributed by atoms with Crippen molar-refractivity contribution in [3.63, 3.8) is 0 Å². The molecule has 0 heterocycles. The fraction of sp³-hybridized carbons (Fsp3) is 0.750. The summed E-state index contributed by atoms with van der Waals surface area (Å²) in [6.45, 7) is 1.60. The number of hydrogen-bond acceptors (Lipinski definition) is 1. The van der Waals surface area contributed by atoms with E-state index in [1.54, 1.807) is 6.92 Å². The minimum atomic E-state index is 0.151. The maximum atomic E-state index is 10.3. The maximum absolute atomic E-state index is 10.3. The summed E-state index contributed by atoms with van der Waals surface area (Å²) in [6, 6.07) is 0. The molecule has 0 aromatic carbocycles. The van der Waals surface area contributed by atoms with Crippen molar-refractivity contribution in [2.24, 2.45) is 0 Å². The van der Waals surface area contributed by atoms with Crippen LogP contribution < -0.4 is 0 Å². The van der Waals surface area contributed by atoms with E-state index >= 15 is 0 Å². The molecule has 1 unspecified atom stereocenters. The molecule has 0 aromatic rings. The van der Waals surface area contributed by atoms with Gasteiger partial charge in [0.2, 0.25) is 0 Å². The molecule has 0 aliphatic carbocycles. The Morgan fingerprint density at radius 1 is 2.00 bits per heavy atom. The van der Waals surface area contributed by atoms with Crippen LogP contribution in [0, 0.1) is 0 Å². The van der Waals surface area contributed by atoms with Crippen molar-refractivity contribution >= 4 is 44.3 Å². The van der Waals surface area contributed by atoms with Gasteiger partial charge in [-0.1, -0.05) is 38.5 Å². The summed E-state index contributed by atoms with van der Waals surface area (Å²) in [7, 11) is 0. The van der Waals surface area contributed by atoms with Gasteiger partial charge in [0.1, 0.15) is 5.78 Å². The summed E-state index contributed by atoms with van der Waals surface area (Å²) >= 11 is 5.29. The lowest BCUT2D eigenvalue weighted by Gasteiger charge is -1.94. The van der Waals surface area contributed by atoms with Crippen molar-refractivity contribution in [2.45, 2.75) is 10.8 Å². The Hall–Kier alpha value is 0.880. The molecule has 42 valence electrons. The van der Waals surface area contributed by atoms with Crippen LogP contribution in [0.3, 0.4) is 0 Å². The fourth-order valence-electron chi connectivity index (χ4n) is 0.109. The molecule has 0 aromatic heterocycles. The number of ketones is 1. The topological polar surface area (TPSA) is 17.1 Å². The zero-order valence-electron chi connectivity index (χ0n) is 3.95. The van der Waals surface area contributed by atoms with Gasteiger partial charge in [-0.25, -0.2) is 0 Å². The highest BCUT2D eigenvalue weighted by Gasteiger charge is 2.04. The number of rotatable bonds is 2. The van der Waals surface area contributed by atoms with Crippen LogP contribution in [-0.4, -0.2) is 15.0 Å². The van der Waals surface area contributed by atoms with Gasteiger partial charge in [-0.2, -0.15) is 0 Å². The molecule has 0 aliphatic rings. The molecule has 0 bridgehead atoms. The molecule has 0 spiro atoms.